The fourth-order valence-electron chi connectivity index (χ4n) is 1.91. The minimum atomic E-state index is 0.828. The van der Waals surface area contributed by atoms with Gasteiger partial charge in [0.25, 0.3) is 0 Å². The number of hydrogen-bond donors (Lipinski definition) is 1. The summed E-state index contributed by atoms with van der Waals surface area (Å²) < 4.78 is 0. The Hall–Kier alpha value is -0.0400. The second-order valence-electron chi connectivity index (χ2n) is 3.24. The molecule has 0 amide bonds. The summed E-state index contributed by atoms with van der Waals surface area (Å²) in [6, 6.07) is 0.891. The van der Waals surface area contributed by atoms with E-state index in [1.165, 1.54) is 25.7 Å². The highest BCUT2D eigenvalue weighted by Gasteiger charge is 2.54. The van der Waals surface area contributed by atoms with E-state index in [1.807, 2.05) is 0 Å². The van der Waals surface area contributed by atoms with Gasteiger partial charge in [0.1, 0.15) is 0 Å². The lowest BCUT2D eigenvalue weighted by molar-refractivity contribution is 0.195. The molecule has 0 radical (unpaired) electrons. The van der Waals surface area contributed by atoms with E-state index in [2.05, 4.69) is 12.4 Å². The van der Waals surface area contributed by atoms with Gasteiger partial charge in [-0.05, 0) is 38.1 Å². The predicted molar refractivity (Wildman–Crippen MR) is 33.7 cm³/mol. The van der Waals surface area contributed by atoms with Crippen LogP contribution in [0.15, 0.2) is 0 Å². The van der Waals surface area contributed by atoms with Crippen molar-refractivity contribution in [3.63, 3.8) is 0 Å². The van der Waals surface area contributed by atoms with Gasteiger partial charge in [0.2, 0.25) is 0 Å². The van der Waals surface area contributed by atoms with Crippen LogP contribution in [-0.2, 0) is 0 Å². The molecule has 1 heteroatoms. The van der Waals surface area contributed by atoms with Crippen LogP contribution in [-0.4, -0.2) is 13.1 Å². The summed E-state index contributed by atoms with van der Waals surface area (Å²) in [4.78, 5) is 0. The van der Waals surface area contributed by atoms with E-state index in [9.17, 15) is 0 Å². The molecule has 0 aromatic rings. The minimum Gasteiger partial charge on any atom is -0.316 e. The molecule has 1 N–H and O–H groups in total. The van der Waals surface area contributed by atoms with Crippen molar-refractivity contribution in [3.05, 3.63) is 0 Å². The highest BCUT2D eigenvalue weighted by atomic mass is 14.9. The lowest BCUT2D eigenvalue weighted by Gasteiger charge is -2.36. The third kappa shape index (κ3) is 0.408. The van der Waals surface area contributed by atoms with Crippen molar-refractivity contribution < 1.29 is 0 Å². The summed E-state index contributed by atoms with van der Waals surface area (Å²) in [5.74, 6) is 0. The average Bonchev–Trinajstić information content (AvgIpc) is 2.42. The Labute approximate surface area is 50.5 Å². The molecule has 8 heavy (non-hydrogen) atoms. The fourth-order valence-corrected chi connectivity index (χ4v) is 1.91. The molecule has 0 unspecified atom stereocenters. The monoisotopic (exact) mass is 111 g/mol. The third-order valence-corrected chi connectivity index (χ3v) is 2.91. The molecule has 0 aromatic heterocycles. The Morgan fingerprint density at radius 1 is 1.38 bits per heavy atom. The largest absolute Gasteiger partial charge is 0.316 e. The summed E-state index contributed by atoms with van der Waals surface area (Å²) in [6.45, 7) is 0. The molecule has 46 valence electrons. The van der Waals surface area contributed by atoms with Crippen LogP contribution in [0.2, 0.25) is 0 Å². The first-order chi connectivity index (χ1) is 3.87. The molecular formula is C7H13N. The summed E-state index contributed by atoms with van der Waals surface area (Å²) in [5, 5.41) is 3.35. The summed E-state index contributed by atoms with van der Waals surface area (Å²) in [5.41, 5.74) is 0.828. The lowest BCUT2D eigenvalue weighted by atomic mass is 9.76. The highest BCUT2D eigenvalue weighted by Crippen LogP contribution is 2.60. The van der Waals surface area contributed by atoms with Gasteiger partial charge in [-0.15, -0.1) is 0 Å². The van der Waals surface area contributed by atoms with Gasteiger partial charge >= 0.3 is 0 Å². The number of rotatable bonds is 1. The zero-order chi connectivity index (χ0) is 5.61. The molecular weight excluding hydrogens is 98.1 g/mol. The van der Waals surface area contributed by atoms with Gasteiger partial charge in [-0.2, -0.15) is 0 Å². The highest BCUT2D eigenvalue weighted by molar-refractivity contribution is 5.09. The second-order valence-corrected chi connectivity index (χ2v) is 3.24. The normalized spacial score (nSPS) is 39.4. The Bertz CT molecular complexity index is 103. The van der Waals surface area contributed by atoms with Crippen molar-refractivity contribution >= 4 is 0 Å². The Kier molecular flexibility index (Phi) is 0.762. The van der Waals surface area contributed by atoms with Crippen LogP contribution in [0.4, 0.5) is 0 Å². The summed E-state index contributed by atoms with van der Waals surface area (Å²) in [7, 11) is 2.09. The summed E-state index contributed by atoms with van der Waals surface area (Å²) >= 11 is 0. The SMILES string of the molecule is CN[C@H]1CCC12CC2. The maximum absolute atomic E-state index is 3.35. The van der Waals surface area contributed by atoms with Gasteiger partial charge in [0.05, 0.1) is 0 Å². The van der Waals surface area contributed by atoms with Gasteiger partial charge in [0, 0.05) is 6.04 Å². The molecule has 1 spiro atoms. The maximum atomic E-state index is 3.35. The molecule has 0 heterocycles. The van der Waals surface area contributed by atoms with Crippen LogP contribution in [0.5, 0.6) is 0 Å². The molecule has 2 fully saturated rings. The van der Waals surface area contributed by atoms with Crippen LogP contribution in [0.25, 0.3) is 0 Å². The lowest BCUT2D eigenvalue weighted by Crippen LogP contribution is -2.43. The smallest absolute Gasteiger partial charge is 0.0121 e. The predicted octanol–water partition coefficient (Wildman–Crippen LogP) is 1.15. The topological polar surface area (TPSA) is 12.0 Å². The van der Waals surface area contributed by atoms with E-state index in [4.69, 9.17) is 0 Å². The first kappa shape index (κ1) is 4.80. The molecule has 0 saturated heterocycles. The molecule has 2 aliphatic carbocycles. The molecule has 0 bridgehead atoms. The van der Waals surface area contributed by atoms with Gasteiger partial charge in [0.15, 0.2) is 0 Å². The standard InChI is InChI=1S/C7H13N/c1-8-6-2-3-7(6)4-5-7/h6,8H,2-5H2,1H3/t6-/m0/s1. The quantitative estimate of drug-likeness (QED) is 0.535. The summed E-state index contributed by atoms with van der Waals surface area (Å²) in [6.07, 6.45) is 5.92. The number of hydrogen-bond acceptors (Lipinski definition) is 1. The van der Waals surface area contributed by atoms with Crippen molar-refractivity contribution in [1.29, 1.82) is 0 Å². The third-order valence-electron chi connectivity index (χ3n) is 2.91. The zero-order valence-corrected chi connectivity index (χ0v) is 5.41. The van der Waals surface area contributed by atoms with Crippen LogP contribution in [0, 0.1) is 5.41 Å². The van der Waals surface area contributed by atoms with Crippen LogP contribution >= 0.6 is 0 Å². The van der Waals surface area contributed by atoms with E-state index in [1.54, 1.807) is 0 Å². The van der Waals surface area contributed by atoms with Crippen LogP contribution in [0.3, 0.4) is 0 Å². The molecule has 2 saturated carbocycles. The van der Waals surface area contributed by atoms with E-state index in [-0.39, 0.29) is 0 Å². The average molecular weight is 111 g/mol. The van der Waals surface area contributed by atoms with Crippen molar-refractivity contribution in [3.8, 4) is 0 Å². The molecule has 0 aromatic carbocycles. The van der Waals surface area contributed by atoms with Gasteiger partial charge in [-0.3, -0.25) is 0 Å². The Morgan fingerprint density at radius 3 is 2.25 bits per heavy atom. The van der Waals surface area contributed by atoms with E-state index < -0.39 is 0 Å². The molecule has 0 aliphatic heterocycles. The van der Waals surface area contributed by atoms with Crippen LogP contribution < -0.4 is 5.32 Å². The first-order valence-corrected chi connectivity index (χ1v) is 3.55. The molecule has 2 aliphatic rings. The van der Waals surface area contributed by atoms with Crippen LogP contribution in [0.1, 0.15) is 25.7 Å². The zero-order valence-electron chi connectivity index (χ0n) is 5.41. The first-order valence-electron chi connectivity index (χ1n) is 3.55. The van der Waals surface area contributed by atoms with Gasteiger partial charge in [-0.25, -0.2) is 0 Å². The van der Waals surface area contributed by atoms with Gasteiger partial charge < -0.3 is 5.32 Å². The van der Waals surface area contributed by atoms with E-state index in [0.717, 1.165) is 11.5 Å². The van der Waals surface area contributed by atoms with Crippen molar-refractivity contribution in [2.24, 2.45) is 5.41 Å². The Balaban J connectivity index is 1.98. The second kappa shape index (κ2) is 1.27. The van der Waals surface area contributed by atoms with Crippen molar-refractivity contribution in [1.82, 2.24) is 5.32 Å². The van der Waals surface area contributed by atoms with Gasteiger partial charge in [-0.1, -0.05) is 0 Å². The van der Waals surface area contributed by atoms with E-state index >= 15 is 0 Å². The minimum absolute atomic E-state index is 0.828. The Morgan fingerprint density at radius 2 is 2.12 bits per heavy atom. The van der Waals surface area contributed by atoms with Crippen molar-refractivity contribution in [2.75, 3.05) is 7.05 Å². The molecule has 1 nitrogen and oxygen atoms in total. The molecule has 1 atom stereocenters. The maximum Gasteiger partial charge on any atom is 0.0121 e. The van der Waals surface area contributed by atoms with Crippen molar-refractivity contribution in [2.45, 2.75) is 31.7 Å². The number of nitrogens with one attached hydrogen (secondary N) is 1. The molecule has 2 rings (SSSR count). The fraction of sp³-hybridized carbons (Fsp3) is 1.00. The van der Waals surface area contributed by atoms with E-state index in [0.29, 0.717) is 0 Å².